The zero-order valence-electron chi connectivity index (χ0n) is 12.8. The lowest BCUT2D eigenvalue weighted by Crippen LogP contribution is -2.42. The van der Waals surface area contributed by atoms with Gasteiger partial charge in [0.2, 0.25) is 0 Å². The fourth-order valence-electron chi connectivity index (χ4n) is 2.71. The molecule has 6 heteroatoms. The summed E-state index contributed by atoms with van der Waals surface area (Å²) in [5.74, 6) is 0. The van der Waals surface area contributed by atoms with Crippen LogP contribution in [0.3, 0.4) is 0 Å². The summed E-state index contributed by atoms with van der Waals surface area (Å²) in [6.07, 6.45) is 3.82. The number of aromatic nitrogens is 2. The molecule has 3 rings (SSSR count). The molecule has 2 aliphatic rings. The number of nitrogens with zero attached hydrogens (tertiary/aromatic N) is 2. The second-order valence-electron chi connectivity index (χ2n) is 6.63. The van der Waals surface area contributed by atoms with Crippen LogP contribution in [-0.2, 0) is 14.0 Å². The second kappa shape index (κ2) is 4.86. The van der Waals surface area contributed by atoms with Crippen molar-refractivity contribution >= 4 is 12.7 Å². The quantitative estimate of drug-likeness (QED) is 0.770. The van der Waals surface area contributed by atoms with Crippen LogP contribution < -0.4 is 5.59 Å². The summed E-state index contributed by atoms with van der Waals surface area (Å²) in [7, 11) is -0.342. The van der Waals surface area contributed by atoms with Gasteiger partial charge in [-0.05, 0) is 46.6 Å². The molecule has 0 aliphatic carbocycles. The molecule has 20 heavy (non-hydrogen) atoms. The first kappa shape index (κ1) is 14.1. The van der Waals surface area contributed by atoms with Gasteiger partial charge in [0.25, 0.3) is 0 Å². The van der Waals surface area contributed by atoms with E-state index in [1.807, 2.05) is 12.3 Å². The third-order valence-electron chi connectivity index (χ3n) is 4.73. The molecule has 5 nitrogen and oxygen atoms in total. The fourth-order valence-corrected chi connectivity index (χ4v) is 2.71. The second-order valence-corrected chi connectivity index (χ2v) is 6.63. The van der Waals surface area contributed by atoms with Gasteiger partial charge in [0.1, 0.15) is 0 Å². The lowest BCUT2D eigenvalue weighted by atomic mass is 9.84. The molecule has 0 aromatic carbocycles. The maximum atomic E-state index is 6.13. The molecule has 0 bridgehead atoms. The first-order valence-corrected chi connectivity index (χ1v) is 7.37. The maximum Gasteiger partial charge on any atom is 0.514 e. The van der Waals surface area contributed by atoms with Gasteiger partial charge in [-0.2, -0.15) is 5.10 Å². The van der Waals surface area contributed by atoms with Crippen LogP contribution >= 0.6 is 0 Å². The third kappa shape index (κ3) is 2.30. The van der Waals surface area contributed by atoms with Crippen molar-refractivity contribution in [2.75, 3.05) is 13.2 Å². The summed E-state index contributed by atoms with van der Waals surface area (Å²) >= 11 is 0. The van der Waals surface area contributed by atoms with Crippen LogP contribution in [0.4, 0.5) is 0 Å². The molecule has 0 N–H and O–H groups in total. The standard InChI is InChI=1S/C14H23BN2O3/c1-13(2)14(3,4)20-15(19-13)12-5-8-16-17(12)11-6-9-18-10-7-11/h5,8,11H,6-7,9-10H2,1-4H3. The molecule has 0 saturated carbocycles. The van der Waals surface area contributed by atoms with Crippen LogP contribution in [0.15, 0.2) is 12.3 Å². The lowest BCUT2D eigenvalue weighted by molar-refractivity contribution is 0.00578. The molecule has 2 saturated heterocycles. The van der Waals surface area contributed by atoms with Crippen LogP contribution in [0, 0.1) is 0 Å². The highest BCUT2D eigenvalue weighted by molar-refractivity contribution is 6.61. The Morgan fingerprint density at radius 1 is 1.15 bits per heavy atom. The Hall–Kier alpha value is -0.845. The molecule has 1 aromatic rings. The van der Waals surface area contributed by atoms with Gasteiger partial charge in [0, 0.05) is 19.4 Å². The van der Waals surface area contributed by atoms with Crippen LogP contribution in [0.2, 0.25) is 0 Å². The predicted octanol–water partition coefficient (Wildman–Crippen LogP) is 1.53. The van der Waals surface area contributed by atoms with Gasteiger partial charge in [-0.1, -0.05) is 0 Å². The smallest absolute Gasteiger partial charge is 0.398 e. The van der Waals surface area contributed by atoms with Gasteiger partial charge >= 0.3 is 7.12 Å². The van der Waals surface area contributed by atoms with E-state index in [1.54, 1.807) is 0 Å². The highest BCUT2D eigenvalue weighted by atomic mass is 16.7. The molecule has 2 aliphatic heterocycles. The minimum absolute atomic E-state index is 0.317. The Kier molecular flexibility index (Phi) is 3.43. The van der Waals surface area contributed by atoms with E-state index in [0.29, 0.717) is 6.04 Å². The number of hydrogen-bond acceptors (Lipinski definition) is 4. The van der Waals surface area contributed by atoms with Gasteiger partial charge in [-0.3, -0.25) is 4.68 Å². The van der Waals surface area contributed by atoms with Crippen molar-refractivity contribution in [3.63, 3.8) is 0 Å². The minimum atomic E-state index is -0.342. The van der Waals surface area contributed by atoms with Crippen molar-refractivity contribution in [2.24, 2.45) is 0 Å². The average molecular weight is 278 g/mol. The summed E-state index contributed by atoms with van der Waals surface area (Å²) in [5, 5.41) is 4.48. The number of hydrogen-bond donors (Lipinski definition) is 0. The van der Waals surface area contributed by atoms with E-state index in [2.05, 4.69) is 37.5 Å². The molecule has 110 valence electrons. The van der Waals surface area contributed by atoms with Crippen molar-refractivity contribution in [3.8, 4) is 0 Å². The molecule has 3 heterocycles. The van der Waals surface area contributed by atoms with Crippen molar-refractivity contribution in [2.45, 2.75) is 57.8 Å². The maximum absolute atomic E-state index is 6.13. The van der Waals surface area contributed by atoms with Crippen molar-refractivity contribution in [3.05, 3.63) is 12.3 Å². The number of ether oxygens (including phenoxy) is 1. The van der Waals surface area contributed by atoms with E-state index in [1.165, 1.54) is 0 Å². The molecule has 0 amide bonds. The zero-order valence-corrected chi connectivity index (χ0v) is 12.8. The third-order valence-corrected chi connectivity index (χ3v) is 4.73. The number of rotatable bonds is 2. The Morgan fingerprint density at radius 2 is 1.75 bits per heavy atom. The highest BCUT2D eigenvalue weighted by Crippen LogP contribution is 2.36. The molecule has 0 unspecified atom stereocenters. The largest absolute Gasteiger partial charge is 0.514 e. The SMILES string of the molecule is CC1(C)OB(c2ccnn2C2CCOCC2)OC1(C)C. The van der Waals surface area contributed by atoms with Gasteiger partial charge in [0.05, 0.1) is 22.8 Å². The van der Waals surface area contributed by atoms with Crippen LogP contribution in [0.1, 0.15) is 46.6 Å². The van der Waals surface area contributed by atoms with Crippen LogP contribution in [0.25, 0.3) is 0 Å². The fraction of sp³-hybridized carbons (Fsp3) is 0.786. The highest BCUT2D eigenvalue weighted by Gasteiger charge is 2.53. The van der Waals surface area contributed by atoms with Gasteiger partial charge in [-0.15, -0.1) is 0 Å². The lowest BCUT2D eigenvalue weighted by Gasteiger charge is -2.32. The van der Waals surface area contributed by atoms with Crippen LogP contribution in [0.5, 0.6) is 0 Å². The van der Waals surface area contributed by atoms with Gasteiger partial charge < -0.3 is 14.0 Å². The zero-order chi connectivity index (χ0) is 14.4. The normalized spacial score (nSPS) is 26.1. The molecule has 0 atom stereocenters. The van der Waals surface area contributed by atoms with E-state index in [-0.39, 0.29) is 18.3 Å². The molecular weight excluding hydrogens is 255 g/mol. The van der Waals surface area contributed by atoms with Crippen LogP contribution in [-0.4, -0.2) is 41.3 Å². The van der Waals surface area contributed by atoms with E-state index in [0.717, 1.165) is 31.6 Å². The Bertz CT molecular complexity index is 465. The van der Waals surface area contributed by atoms with Gasteiger partial charge in [-0.25, -0.2) is 0 Å². The van der Waals surface area contributed by atoms with E-state index >= 15 is 0 Å². The molecule has 1 aromatic heterocycles. The predicted molar refractivity (Wildman–Crippen MR) is 77.0 cm³/mol. The minimum Gasteiger partial charge on any atom is -0.398 e. The van der Waals surface area contributed by atoms with Crippen molar-refractivity contribution < 1.29 is 14.0 Å². The average Bonchev–Trinajstić information content (AvgIpc) is 2.94. The molecule has 0 radical (unpaired) electrons. The topological polar surface area (TPSA) is 45.5 Å². The summed E-state index contributed by atoms with van der Waals surface area (Å²) in [6, 6.07) is 2.38. The first-order valence-electron chi connectivity index (χ1n) is 7.37. The Morgan fingerprint density at radius 3 is 2.35 bits per heavy atom. The molecule has 0 spiro atoms. The van der Waals surface area contributed by atoms with E-state index in [4.69, 9.17) is 14.0 Å². The first-order chi connectivity index (χ1) is 9.41. The Labute approximate surface area is 120 Å². The van der Waals surface area contributed by atoms with Gasteiger partial charge in [0.15, 0.2) is 0 Å². The molecular formula is C14H23BN2O3. The van der Waals surface area contributed by atoms with E-state index < -0.39 is 0 Å². The summed E-state index contributed by atoms with van der Waals surface area (Å²) in [6.45, 7) is 9.88. The summed E-state index contributed by atoms with van der Waals surface area (Å²) in [4.78, 5) is 0. The Balaban J connectivity index is 1.84. The monoisotopic (exact) mass is 278 g/mol. The van der Waals surface area contributed by atoms with Crippen molar-refractivity contribution in [1.29, 1.82) is 0 Å². The van der Waals surface area contributed by atoms with E-state index in [9.17, 15) is 0 Å². The molecule has 2 fully saturated rings. The summed E-state index contributed by atoms with van der Waals surface area (Å²) in [5.41, 5.74) is 0.376. The van der Waals surface area contributed by atoms with Crippen molar-refractivity contribution in [1.82, 2.24) is 9.78 Å². The summed E-state index contributed by atoms with van der Waals surface area (Å²) < 4.78 is 19.7.